The van der Waals surface area contributed by atoms with Gasteiger partial charge in [-0.15, -0.1) is 24.8 Å². The summed E-state index contributed by atoms with van der Waals surface area (Å²) in [5, 5.41) is 5.79. The van der Waals surface area contributed by atoms with E-state index in [9.17, 15) is 9.59 Å². The first-order valence-corrected chi connectivity index (χ1v) is 12.1. The summed E-state index contributed by atoms with van der Waals surface area (Å²) in [5.74, 6) is -0.0886. The molecule has 0 saturated carbocycles. The van der Waals surface area contributed by atoms with Crippen molar-refractivity contribution in [2.24, 2.45) is 0 Å². The topological polar surface area (TPSA) is 117 Å². The Hall–Kier alpha value is -2.52. The van der Waals surface area contributed by atoms with Gasteiger partial charge < -0.3 is 31.9 Å². The van der Waals surface area contributed by atoms with Crippen molar-refractivity contribution in [2.75, 3.05) is 63.8 Å². The molecule has 0 aliphatic rings. The number of rotatable bonds is 12. The van der Waals surface area contributed by atoms with Gasteiger partial charge in [-0.1, -0.05) is 27.7 Å². The number of nitrogens with zero attached hydrogens (tertiary/aromatic N) is 2. The number of hydrogen-bond acceptors (Lipinski definition) is 6. The molecule has 0 unspecified atom stereocenters. The van der Waals surface area contributed by atoms with Crippen LogP contribution in [-0.4, -0.2) is 74.0 Å². The van der Waals surface area contributed by atoms with Crippen molar-refractivity contribution in [3.8, 4) is 0 Å². The first-order chi connectivity index (χ1) is 16.3. The van der Waals surface area contributed by atoms with Crippen LogP contribution in [-0.2, 0) is 0 Å². The fraction of sp³-hybridized carbons (Fsp3) is 0.462. The molecule has 0 aromatic heterocycles. The average Bonchev–Trinajstić information content (AvgIpc) is 2.85. The molecule has 0 aliphatic heterocycles. The van der Waals surface area contributed by atoms with E-state index in [2.05, 4.69) is 48.1 Å². The van der Waals surface area contributed by atoms with Crippen LogP contribution in [0.4, 0.5) is 11.4 Å². The zero-order chi connectivity index (χ0) is 25.3. The van der Waals surface area contributed by atoms with Gasteiger partial charge in [0.05, 0.1) is 0 Å². The molecule has 0 radical (unpaired) electrons. The Morgan fingerprint density at radius 2 is 0.889 bits per heavy atom. The van der Waals surface area contributed by atoms with E-state index in [1.165, 1.54) is 0 Å². The highest BCUT2D eigenvalue weighted by Crippen LogP contribution is 2.05. The van der Waals surface area contributed by atoms with E-state index >= 15 is 0 Å². The lowest BCUT2D eigenvalue weighted by molar-refractivity contribution is 0.0941. The van der Waals surface area contributed by atoms with Crippen molar-refractivity contribution in [1.29, 1.82) is 0 Å². The SMILES string of the molecule is CCN(CC)CCNC(=O)c1ccc(N)cc1.CCN(CC)CCNC(=O)c1ccc(N)cc1.Cl.Cl. The number of likely N-dealkylation sites (N-methyl/N-ethyl adjacent to an activating group) is 2. The van der Waals surface area contributed by atoms with E-state index in [1.807, 2.05) is 0 Å². The Morgan fingerprint density at radius 3 is 1.14 bits per heavy atom. The molecule has 0 aliphatic carbocycles. The zero-order valence-electron chi connectivity index (χ0n) is 22.0. The normalized spacial score (nSPS) is 9.94. The summed E-state index contributed by atoms with van der Waals surface area (Å²) >= 11 is 0. The molecule has 2 aromatic rings. The largest absolute Gasteiger partial charge is 0.399 e. The van der Waals surface area contributed by atoms with Crippen molar-refractivity contribution in [3.63, 3.8) is 0 Å². The molecule has 0 bridgehead atoms. The maximum atomic E-state index is 11.7. The fourth-order valence-electron chi connectivity index (χ4n) is 3.21. The zero-order valence-corrected chi connectivity index (χ0v) is 23.6. The number of nitrogen functional groups attached to an aromatic ring is 2. The molecule has 2 rings (SSSR count). The molecule has 0 heterocycles. The second-order valence-electron chi connectivity index (χ2n) is 7.81. The van der Waals surface area contributed by atoms with Crippen LogP contribution in [0.15, 0.2) is 48.5 Å². The van der Waals surface area contributed by atoms with Gasteiger partial charge in [0, 0.05) is 48.7 Å². The average molecular weight is 544 g/mol. The summed E-state index contributed by atoms with van der Waals surface area (Å²) in [6.07, 6.45) is 0. The van der Waals surface area contributed by atoms with Crippen LogP contribution in [0.2, 0.25) is 0 Å². The minimum Gasteiger partial charge on any atom is -0.399 e. The Balaban J connectivity index is 0. The van der Waals surface area contributed by atoms with Crippen LogP contribution in [0.3, 0.4) is 0 Å². The number of anilines is 2. The number of carbonyl (C=O) groups excluding carboxylic acids is 2. The highest BCUT2D eigenvalue weighted by atomic mass is 35.5. The van der Waals surface area contributed by atoms with Gasteiger partial charge in [0.2, 0.25) is 0 Å². The molecule has 2 amide bonds. The van der Waals surface area contributed by atoms with Crippen molar-refractivity contribution < 1.29 is 9.59 Å². The summed E-state index contributed by atoms with van der Waals surface area (Å²) in [7, 11) is 0. The highest BCUT2D eigenvalue weighted by Gasteiger charge is 2.06. The van der Waals surface area contributed by atoms with Gasteiger partial charge in [-0.2, -0.15) is 0 Å². The number of benzene rings is 2. The second-order valence-corrected chi connectivity index (χ2v) is 7.81. The predicted octanol–water partition coefficient (Wildman–Crippen LogP) is 3.52. The smallest absolute Gasteiger partial charge is 0.251 e. The van der Waals surface area contributed by atoms with Gasteiger partial charge in [0.1, 0.15) is 0 Å². The minimum absolute atomic E-state index is 0. The first kappa shape index (κ1) is 35.6. The van der Waals surface area contributed by atoms with Crippen LogP contribution in [0.5, 0.6) is 0 Å². The van der Waals surface area contributed by atoms with E-state index in [0.29, 0.717) is 35.6 Å². The maximum Gasteiger partial charge on any atom is 0.251 e. The molecule has 0 atom stereocenters. The maximum absolute atomic E-state index is 11.7. The fourth-order valence-corrected chi connectivity index (χ4v) is 3.21. The van der Waals surface area contributed by atoms with Gasteiger partial charge in [-0.25, -0.2) is 0 Å². The number of halogens is 2. The lowest BCUT2D eigenvalue weighted by atomic mass is 10.2. The third-order valence-electron chi connectivity index (χ3n) is 5.56. The van der Waals surface area contributed by atoms with Crippen molar-refractivity contribution >= 4 is 48.0 Å². The number of nitrogens with one attached hydrogen (secondary N) is 2. The van der Waals surface area contributed by atoms with Crippen LogP contribution in [0, 0.1) is 0 Å². The van der Waals surface area contributed by atoms with E-state index < -0.39 is 0 Å². The summed E-state index contributed by atoms with van der Waals surface area (Å²) in [6.45, 7) is 15.6. The molecule has 36 heavy (non-hydrogen) atoms. The number of carbonyl (C=O) groups is 2. The first-order valence-electron chi connectivity index (χ1n) is 12.1. The van der Waals surface area contributed by atoms with Gasteiger partial charge in [0.15, 0.2) is 0 Å². The number of hydrogen-bond donors (Lipinski definition) is 4. The van der Waals surface area contributed by atoms with Gasteiger partial charge in [0.25, 0.3) is 11.8 Å². The molecule has 10 heteroatoms. The van der Waals surface area contributed by atoms with Crippen LogP contribution in [0.25, 0.3) is 0 Å². The Morgan fingerprint density at radius 1 is 0.611 bits per heavy atom. The van der Waals surface area contributed by atoms with Crippen LogP contribution < -0.4 is 22.1 Å². The van der Waals surface area contributed by atoms with Crippen molar-refractivity contribution in [2.45, 2.75) is 27.7 Å². The summed E-state index contributed by atoms with van der Waals surface area (Å²) < 4.78 is 0. The Labute approximate surface area is 229 Å². The van der Waals surface area contributed by atoms with E-state index in [4.69, 9.17) is 11.5 Å². The van der Waals surface area contributed by atoms with Crippen LogP contribution >= 0.6 is 24.8 Å². The highest BCUT2D eigenvalue weighted by molar-refractivity contribution is 5.95. The lowest BCUT2D eigenvalue weighted by Gasteiger charge is -2.17. The molecule has 8 nitrogen and oxygen atoms in total. The van der Waals surface area contributed by atoms with E-state index in [-0.39, 0.29) is 36.6 Å². The molecule has 6 N–H and O–H groups in total. The summed E-state index contributed by atoms with van der Waals surface area (Å²) in [4.78, 5) is 28.0. The molecule has 0 fully saturated rings. The summed E-state index contributed by atoms with van der Waals surface area (Å²) in [6, 6.07) is 13.9. The monoisotopic (exact) mass is 542 g/mol. The third-order valence-corrected chi connectivity index (χ3v) is 5.56. The van der Waals surface area contributed by atoms with Gasteiger partial charge >= 0.3 is 0 Å². The minimum atomic E-state index is -0.0443. The standard InChI is InChI=1S/2C13H21N3O.2ClH/c2*1-3-16(4-2)10-9-15-13(17)11-5-7-12(14)8-6-11;;/h2*5-8H,3-4,9-10,14H2,1-2H3,(H,15,17);2*1H. The number of nitrogens with two attached hydrogens (primary N) is 2. The molecule has 2 aromatic carbocycles. The second kappa shape index (κ2) is 20.7. The molecule has 0 saturated heterocycles. The Kier molecular flexibility index (Phi) is 20.4. The van der Waals surface area contributed by atoms with Crippen LogP contribution in [0.1, 0.15) is 48.4 Å². The molecule has 204 valence electrons. The van der Waals surface area contributed by atoms with E-state index in [1.54, 1.807) is 48.5 Å². The quantitative estimate of drug-likeness (QED) is 0.305. The summed E-state index contributed by atoms with van der Waals surface area (Å²) in [5.41, 5.74) is 13.8. The number of amides is 2. The predicted molar refractivity (Wildman–Crippen MR) is 156 cm³/mol. The lowest BCUT2D eigenvalue weighted by Crippen LogP contribution is -2.34. The van der Waals surface area contributed by atoms with Gasteiger partial charge in [-0.3, -0.25) is 9.59 Å². The van der Waals surface area contributed by atoms with Crippen molar-refractivity contribution in [3.05, 3.63) is 59.7 Å². The molecular formula is C26H44Cl2N6O2. The molecular weight excluding hydrogens is 499 g/mol. The van der Waals surface area contributed by atoms with Gasteiger partial charge in [-0.05, 0) is 74.7 Å². The molecule has 0 spiro atoms. The van der Waals surface area contributed by atoms with E-state index in [0.717, 1.165) is 39.3 Å². The van der Waals surface area contributed by atoms with Crippen molar-refractivity contribution in [1.82, 2.24) is 20.4 Å². The third kappa shape index (κ3) is 14.1. The Bertz CT molecular complexity index is 771.